The molecule has 1 N–H and O–H groups in total. The minimum absolute atomic E-state index is 0.0782. The number of rotatable bonds is 6. The van der Waals surface area contributed by atoms with Gasteiger partial charge in [0.1, 0.15) is 5.75 Å². The second-order valence-electron chi connectivity index (χ2n) is 5.98. The smallest absolute Gasteiger partial charge is 0.118 e. The highest BCUT2D eigenvalue weighted by molar-refractivity contribution is 5.30. The zero-order chi connectivity index (χ0) is 13.9. The minimum Gasteiger partial charge on any atom is -0.497 e. The number of ether oxygens (including phenoxy) is 2. The third-order valence-corrected chi connectivity index (χ3v) is 4.09. The maximum absolute atomic E-state index is 5.42. The number of hydrogen-bond donors (Lipinski definition) is 1. The first-order valence-electron chi connectivity index (χ1n) is 6.96. The number of methoxy groups -OCH3 is 2. The molecule has 0 spiro atoms. The monoisotopic (exact) mass is 263 g/mol. The zero-order valence-corrected chi connectivity index (χ0v) is 12.4. The summed E-state index contributed by atoms with van der Waals surface area (Å²) in [5.74, 6) is 1.62. The second kappa shape index (κ2) is 5.93. The van der Waals surface area contributed by atoms with E-state index in [9.17, 15) is 0 Å². The van der Waals surface area contributed by atoms with Crippen LogP contribution < -0.4 is 10.1 Å². The Balaban J connectivity index is 1.76. The van der Waals surface area contributed by atoms with Gasteiger partial charge < -0.3 is 14.8 Å². The fourth-order valence-electron chi connectivity index (χ4n) is 2.40. The highest BCUT2D eigenvalue weighted by atomic mass is 16.5. The Labute approximate surface area is 116 Å². The first-order valence-corrected chi connectivity index (χ1v) is 6.96. The van der Waals surface area contributed by atoms with Crippen molar-refractivity contribution in [2.75, 3.05) is 20.8 Å². The molecule has 0 heterocycles. The molecule has 0 aliphatic heterocycles. The topological polar surface area (TPSA) is 30.5 Å². The largest absolute Gasteiger partial charge is 0.497 e. The molecule has 0 atom stereocenters. The summed E-state index contributed by atoms with van der Waals surface area (Å²) in [7, 11) is 3.47. The third-order valence-electron chi connectivity index (χ3n) is 4.09. The van der Waals surface area contributed by atoms with E-state index in [1.54, 1.807) is 14.2 Å². The standard InChI is InChI=1S/C16H25NO2/c1-16(2,19-4)11-17-14-9-13(10-14)12-5-7-15(18-3)8-6-12/h5-8,13-14,17H,9-11H2,1-4H3. The maximum atomic E-state index is 5.42. The van der Waals surface area contributed by atoms with E-state index >= 15 is 0 Å². The van der Waals surface area contributed by atoms with Crippen LogP contribution in [-0.2, 0) is 4.74 Å². The average molecular weight is 263 g/mol. The molecule has 1 aromatic carbocycles. The Morgan fingerprint density at radius 2 is 1.79 bits per heavy atom. The number of hydrogen-bond acceptors (Lipinski definition) is 3. The van der Waals surface area contributed by atoms with Crippen LogP contribution in [0.25, 0.3) is 0 Å². The van der Waals surface area contributed by atoms with Crippen LogP contribution in [0.1, 0.15) is 38.2 Å². The van der Waals surface area contributed by atoms with Gasteiger partial charge in [0, 0.05) is 19.7 Å². The lowest BCUT2D eigenvalue weighted by molar-refractivity contribution is 0.0180. The van der Waals surface area contributed by atoms with Gasteiger partial charge in [-0.25, -0.2) is 0 Å². The van der Waals surface area contributed by atoms with Crippen LogP contribution in [0.3, 0.4) is 0 Å². The van der Waals surface area contributed by atoms with Crippen LogP contribution in [0.15, 0.2) is 24.3 Å². The molecule has 1 fully saturated rings. The first kappa shape index (κ1) is 14.4. The molecule has 1 aromatic rings. The van der Waals surface area contributed by atoms with E-state index in [4.69, 9.17) is 9.47 Å². The third kappa shape index (κ3) is 3.71. The van der Waals surface area contributed by atoms with Gasteiger partial charge in [0.05, 0.1) is 12.7 Å². The molecule has 3 nitrogen and oxygen atoms in total. The fourth-order valence-corrected chi connectivity index (χ4v) is 2.40. The lowest BCUT2D eigenvalue weighted by atomic mass is 9.75. The lowest BCUT2D eigenvalue weighted by Crippen LogP contribution is -2.46. The average Bonchev–Trinajstić information content (AvgIpc) is 2.37. The summed E-state index contributed by atoms with van der Waals surface area (Å²) in [6.45, 7) is 5.13. The predicted molar refractivity (Wildman–Crippen MR) is 77.8 cm³/mol. The van der Waals surface area contributed by atoms with Crippen molar-refractivity contribution in [3.8, 4) is 5.75 Å². The summed E-state index contributed by atoms with van der Waals surface area (Å²) in [6.07, 6.45) is 2.43. The van der Waals surface area contributed by atoms with Crippen molar-refractivity contribution >= 4 is 0 Å². The molecule has 19 heavy (non-hydrogen) atoms. The molecule has 1 aliphatic rings. The van der Waals surface area contributed by atoms with Crippen LogP contribution in [0.2, 0.25) is 0 Å². The predicted octanol–water partition coefficient (Wildman–Crippen LogP) is 2.96. The molecule has 0 unspecified atom stereocenters. The molecular formula is C16H25NO2. The van der Waals surface area contributed by atoms with Crippen LogP contribution in [0, 0.1) is 0 Å². The van der Waals surface area contributed by atoms with Crippen molar-refractivity contribution in [3.05, 3.63) is 29.8 Å². The van der Waals surface area contributed by atoms with Crippen molar-refractivity contribution < 1.29 is 9.47 Å². The molecule has 0 aromatic heterocycles. The van der Waals surface area contributed by atoms with Gasteiger partial charge in [-0.05, 0) is 50.3 Å². The van der Waals surface area contributed by atoms with Crippen LogP contribution in [0.5, 0.6) is 5.75 Å². The Bertz CT molecular complexity index is 394. The van der Waals surface area contributed by atoms with Gasteiger partial charge in [0.25, 0.3) is 0 Å². The highest BCUT2D eigenvalue weighted by Crippen LogP contribution is 2.37. The summed E-state index contributed by atoms with van der Waals surface area (Å²) in [4.78, 5) is 0. The molecule has 1 aliphatic carbocycles. The second-order valence-corrected chi connectivity index (χ2v) is 5.98. The lowest BCUT2D eigenvalue weighted by Gasteiger charge is -2.38. The van der Waals surface area contributed by atoms with Crippen LogP contribution in [-0.4, -0.2) is 32.4 Å². The molecule has 106 valence electrons. The van der Waals surface area contributed by atoms with E-state index in [1.807, 2.05) is 12.1 Å². The SMILES string of the molecule is COc1ccc(C2CC(NCC(C)(C)OC)C2)cc1. The van der Waals surface area contributed by atoms with E-state index in [0.29, 0.717) is 12.0 Å². The quantitative estimate of drug-likeness (QED) is 0.856. The Morgan fingerprint density at radius 3 is 2.32 bits per heavy atom. The van der Waals surface area contributed by atoms with Crippen molar-refractivity contribution in [1.29, 1.82) is 0 Å². The molecule has 0 radical (unpaired) electrons. The number of nitrogens with one attached hydrogen (secondary N) is 1. The molecule has 3 heteroatoms. The van der Waals surface area contributed by atoms with Gasteiger partial charge in [0.2, 0.25) is 0 Å². The highest BCUT2D eigenvalue weighted by Gasteiger charge is 2.31. The minimum atomic E-state index is -0.0782. The summed E-state index contributed by atoms with van der Waals surface area (Å²) in [6, 6.07) is 9.08. The van der Waals surface area contributed by atoms with Crippen LogP contribution >= 0.6 is 0 Å². The fraction of sp³-hybridized carbons (Fsp3) is 0.625. The van der Waals surface area contributed by atoms with E-state index < -0.39 is 0 Å². The van der Waals surface area contributed by atoms with Gasteiger partial charge >= 0.3 is 0 Å². The van der Waals surface area contributed by atoms with E-state index in [0.717, 1.165) is 12.3 Å². The first-order chi connectivity index (χ1) is 9.04. The molecule has 1 saturated carbocycles. The summed E-state index contributed by atoms with van der Waals surface area (Å²) < 4.78 is 10.6. The summed E-state index contributed by atoms with van der Waals surface area (Å²) in [5, 5.41) is 3.58. The Morgan fingerprint density at radius 1 is 1.16 bits per heavy atom. The van der Waals surface area contributed by atoms with Gasteiger partial charge in [-0.3, -0.25) is 0 Å². The van der Waals surface area contributed by atoms with Crippen molar-refractivity contribution in [2.24, 2.45) is 0 Å². The van der Waals surface area contributed by atoms with Gasteiger partial charge in [-0.1, -0.05) is 12.1 Å². The maximum Gasteiger partial charge on any atom is 0.118 e. The van der Waals surface area contributed by atoms with E-state index in [1.165, 1.54) is 18.4 Å². The van der Waals surface area contributed by atoms with E-state index in [2.05, 4.69) is 31.3 Å². The molecule has 0 bridgehead atoms. The molecule has 0 saturated heterocycles. The van der Waals surface area contributed by atoms with Gasteiger partial charge in [0.15, 0.2) is 0 Å². The summed E-state index contributed by atoms with van der Waals surface area (Å²) in [5.41, 5.74) is 1.34. The van der Waals surface area contributed by atoms with Crippen molar-refractivity contribution in [2.45, 2.75) is 44.2 Å². The molecule has 0 amide bonds. The normalized spacial score (nSPS) is 22.9. The zero-order valence-electron chi connectivity index (χ0n) is 12.4. The molecule has 2 rings (SSSR count). The summed E-state index contributed by atoms with van der Waals surface area (Å²) >= 11 is 0. The Hall–Kier alpha value is -1.06. The van der Waals surface area contributed by atoms with Gasteiger partial charge in [-0.15, -0.1) is 0 Å². The number of benzene rings is 1. The van der Waals surface area contributed by atoms with Crippen molar-refractivity contribution in [3.63, 3.8) is 0 Å². The van der Waals surface area contributed by atoms with Crippen molar-refractivity contribution in [1.82, 2.24) is 5.32 Å². The van der Waals surface area contributed by atoms with Crippen LogP contribution in [0.4, 0.5) is 0 Å². The Kier molecular flexibility index (Phi) is 4.48. The van der Waals surface area contributed by atoms with E-state index in [-0.39, 0.29) is 5.60 Å². The molecular weight excluding hydrogens is 238 g/mol. The van der Waals surface area contributed by atoms with Gasteiger partial charge in [-0.2, -0.15) is 0 Å².